The predicted octanol–water partition coefficient (Wildman–Crippen LogP) is 4.04. The van der Waals surface area contributed by atoms with E-state index in [0.29, 0.717) is 16.7 Å². The van der Waals surface area contributed by atoms with Crippen LogP contribution in [0.25, 0.3) is 0 Å². The summed E-state index contributed by atoms with van der Waals surface area (Å²) >= 11 is 4.97. The van der Waals surface area contributed by atoms with Gasteiger partial charge in [-0.2, -0.15) is 0 Å². The van der Waals surface area contributed by atoms with E-state index in [1.165, 1.54) is 16.6 Å². The number of aromatic nitrogens is 1. The molecule has 2 heterocycles. The maximum Gasteiger partial charge on any atom is 0.311 e. The molecule has 0 aliphatic carbocycles. The van der Waals surface area contributed by atoms with Gasteiger partial charge in [0.25, 0.3) is 0 Å². The Morgan fingerprint density at radius 1 is 1.47 bits per heavy atom. The van der Waals surface area contributed by atoms with E-state index in [4.69, 9.17) is 0 Å². The molecule has 7 heteroatoms. The van der Waals surface area contributed by atoms with Crippen LogP contribution in [0.2, 0.25) is 0 Å². The average Bonchev–Trinajstić information content (AvgIpc) is 2.67. The Morgan fingerprint density at radius 2 is 2.21 bits per heavy atom. The van der Waals surface area contributed by atoms with Crippen molar-refractivity contribution in [3.63, 3.8) is 0 Å². The summed E-state index contributed by atoms with van der Waals surface area (Å²) in [5, 5.41) is 14.1. The number of nitrogens with zero attached hydrogens (tertiary/aromatic N) is 2. The van der Waals surface area contributed by atoms with E-state index in [0.717, 1.165) is 4.88 Å². The highest BCUT2D eigenvalue weighted by Gasteiger charge is 2.17. The first-order chi connectivity index (χ1) is 8.99. The summed E-state index contributed by atoms with van der Waals surface area (Å²) in [6.07, 6.45) is 2.79. The van der Waals surface area contributed by atoms with Gasteiger partial charge in [-0.1, -0.05) is 0 Å². The first-order valence-electron chi connectivity index (χ1n) is 5.56. The molecule has 0 amide bonds. The summed E-state index contributed by atoms with van der Waals surface area (Å²) < 4.78 is 0.590. The normalized spacial score (nSPS) is 10.5. The average molecular weight is 342 g/mol. The molecule has 0 atom stereocenters. The summed E-state index contributed by atoms with van der Waals surface area (Å²) in [6, 6.07) is 2.09. The molecule has 0 radical (unpaired) electrons. The van der Waals surface area contributed by atoms with Crippen molar-refractivity contribution in [2.75, 3.05) is 5.32 Å². The van der Waals surface area contributed by atoms with Crippen molar-refractivity contribution in [3.05, 3.63) is 48.4 Å². The lowest BCUT2D eigenvalue weighted by molar-refractivity contribution is -0.384. The number of thiophene rings is 1. The van der Waals surface area contributed by atoms with Crippen LogP contribution >= 0.6 is 27.3 Å². The molecule has 0 spiro atoms. The molecule has 0 saturated carbocycles. The minimum absolute atomic E-state index is 0.0284. The van der Waals surface area contributed by atoms with Crippen molar-refractivity contribution >= 4 is 38.6 Å². The minimum Gasteiger partial charge on any atom is -0.374 e. The first-order valence-corrected chi connectivity index (χ1v) is 7.17. The van der Waals surface area contributed by atoms with Crippen molar-refractivity contribution in [2.24, 2.45) is 0 Å². The smallest absolute Gasteiger partial charge is 0.311 e. The third-order valence-electron chi connectivity index (χ3n) is 2.73. The zero-order valence-electron chi connectivity index (χ0n) is 10.4. The standard InChI is InChI=1S/C12H12BrN3O2S/c1-7-3-9(19-8(7)2)4-15-12-10(13)5-14-6-11(12)16(17)18/h3,5-6H,4H2,1-2H3,(H,14,15). The molecule has 19 heavy (non-hydrogen) atoms. The van der Waals surface area contributed by atoms with Crippen LogP contribution in [-0.4, -0.2) is 9.91 Å². The largest absolute Gasteiger partial charge is 0.374 e. The van der Waals surface area contributed by atoms with Crippen molar-refractivity contribution in [2.45, 2.75) is 20.4 Å². The van der Waals surface area contributed by atoms with Crippen LogP contribution in [-0.2, 0) is 6.54 Å². The Balaban J connectivity index is 2.21. The number of anilines is 1. The number of hydrogen-bond donors (Lipinski definition) is 1. The third-order valence-corrected chi connectivity index (χ3v) is 4.49. The molecule has 0 aliphatic heterocycles. The van der Waals surface area contributed by atoms with Crippen LogP contribution in [0, 0.1) is 24.0 Å². The van der Waals surface area contributed by atoms with Crippen molar-refractivity contribution in [3.8, 4) is 0 Å². The highest BCUT2D eigenvalue weighted by atomic mass is 79.9. The van der Waals surface area contributed by atoms with Crippen LogP contribution in [0.1, 0.15) is 15.3 Å². The van der Waals surface area contributed by atoms with E-state index >= 15 is 0 Å². The van der Waals surface area contributed by atoms with Gasteiger partial charge >= 0.3 is 5.69 Å². The maximum atomic E-state index is 11.0. The van der Waals surface area contributed by atoms with E-state index in [-0.39, 0.29) is 5.69 Å². The number of hydrogen-bond acceptors (Lipinski definition) is 5. The molecule has 5 nitrogen and oxygen atoms in total. The molecular weight excluding hydrogens is 330 g/mol. The van der Waals surface area contributed by atoms with Gasteiger partial charge < -0.3 is 5.32 Å². The van der Waals surface area contributed by atoms with Gasteiger partial charge in [0.1, 0.15) is 11.9 Å². The van der Waals surface area contributed by atoms with E-state index in [9.17, 15) is 10.1 Å². The van der Waals surface area contributed by atoms with Crippen molar-refractivity contribution < 1.29 is 4.92 Å². The van der Waals surface area contributed by atoms with Gasteiger partial charge in [0.15, 0.2) is 0 Å². The number of aryl methyl sites for hydroxylation is 2. The van der Waals surface area contributed by atoms with Crippen molar-refractivity contribution in [1.29, 1.82) is 0 Å². The van der Waals surface area contributed by atoms with Crippen LogP contribution in [0.4, 0.5) is 11.4 Å². The summed E-state index contributed by atoms with van der Waals surface area (Å²) in [5.74, 6) is 0. The lowest BCUT2D eigenvalue weighted by Crippen LogP contribution is -2.03. The maximum absolute atomic E-state index is 11.0. The summed E-state index contributed by atoms with van der Waals surface area (Å²) in [6.45, 7) is 4.68. The minimum atomic E-state index is -0.439. The van der Waals surface area contributed by atoms with E-state index < -0.39 is 4.92 Å². The molecule has 0 fully saturated rings. The molecule has 2 aromatic heterocycles. The monoisotopic (exact) mass is 341 g/mol. The summed E-state index contributed by atoms with van der Waals surface area (Å²) in [5.41, 5.74) is 1.67. The van der Waals surface area contributed by atoms with Crippen LogP contribution in [0.5, 0.6) is 0 Å². The molecule has 0 bridgehead atoms. The number of halogens is 1. The summed E-state index contributed by atoms with van der Waals surface area (Å²) in [7, 11) is 0. The molecule has 2 aromatic rings. The Bertz CT molecular complexity index is 608. The van der Waals surface area contributed by atoms with Crippen LogP contribution in [0.3, 0.4) is 0 Å². The van der Waals surface area contributed by atoms with Gasteiger partial charge in [0, 0.05) is 22.5 Å². The first kappa shape index (κ1) is 14.0. The Kier molecular flexibility index (Phi) is 4.16. The number of rotatable bonds is 4. The van der Waals surface area contributed by atoms with Gasteiger partial charge in [-0.25, -0.2) is 0 Å². The molecular formula is C12H12BrN3O2S. The Labute approximate surface area is 123 Å². The number of nitro groups is 1. The fraction of sp³-hybridized carbons (Fsp3) is 0.250. The lowest BCUT2D eigenvalue weighted by Gasteiger charge is -2.07. The van der Waals surface area contributed by atoms with Gasteiger partial charge in [-0.3, -0.25) is 15.1 Å². The van der Waals surface area contributed by atoms with Gasteiger partial charge in [0.05, 0.1) is 9.40 Å². The fourth-order valence-corrected chi connectivity index (χ4v) is 3.11. The molecule has 0 saturated heterocycles. The number of pyridine rings is 1. The molecule has 1 N–H and O–H groups in total. The lowest BCUT2D eigenvalue weighted by atomic mass is 10.3. The molecule has 0 unspecified atom stereocenters. The van der Waals surface area contributed by atoms with E-state index in [1.54, 1.807) is 17.5 Å². The predicted molar refractivity (Wildman–Crippen MR) is 79.7 cm³/mol. The molecule has 0 aromatic carbocycles. The highest BCUT2D eigenvalue weighted by molar-refractivity contribution is 9.10. The fourth-order valence-electron chi connectivity index (χ4n) is 1.65. The second-order valence-corrected chi connectivity index (χ2v) is 6.27. The molecule has 100 valence electrons. The second-order valence-electron chi connectivity index (χ2n) is 4.08. The third kappa shape index (κ3) is 3.10. The van der Waals surface area contributed by atoms with Gasteiger partial charge in [0.2, 0.25) is 0 Å². The topological polar surface area (TPSA) is 68.1 Å². The Hall–Kier alpha value is -1.47. The number of nitrogens with one attached hydrogen (secondary N) is 1. The van der Waals surface area contributed by atoms with Crippen molar-refractivity contribution in [1.82, 2.24) is 4.98 Å². The van der Waals surface area contributed by atoms with E-state index in [1.807, 2.05) is 0 Å². The van der Waals surface area contributed by atoms with Crippen LogP contribution < -0.4 is 5.32 Å². The summed E-state index contributed by atoms with van der Waals surface area (Å²) in [4.78, 5) is 16.7. The zero-order chi connectivity index (χ0) is 14.0. The van der Waals surface area contributed by atoms with Gasteiger partial charge in [-0.15, -0.1) is 11.3 Å². The second kappa shape index (κ2) is 5.66. The zero-order valence-corrected chi connectivity index (χ0v) is 12.8. The quantitative estimate of drug-likeness (QED) is 0.672. The SMILES string of the molecule is Cc1cc(CNc2c(Br)cncc2[N+](=O)[O-])sc1C. The van der Waals surface area contributed by atoms with Crippen LogP contribution in [0.15, 0.2) is 22.9 Å². The van der Waals surface area contributed by atoms with E-state index in [2.05, 4.69) is 46.1 Å². The highest BCUT2D eigenvalue weighted by Crippen LogP contribution is 2.32. The Morgan fingerprint density at radius 3 is 2.79 bits per heavy atom. The van der Waals surface area contributed by atoms with Gasteiger partial charge in [-0.05, 0) is 41.4 Å². The molecule has 0 aliphatic rings. The molecule has 2 rings (SSSR count).